The third-order valence-corrected chi connectivity index (χ3v) is 3.72. The van der Waals surface area contributed by atoms with Crippen molar-refractivity contribution in [1.82, 2.24) is 20.6 Å². The molecule has 0 aliphatic carbocycles. The van der Waals surface area contributed by atoms with Gasteiger partial charge in [-0.3, -0.25) is 15.1 Å². The molecule has 1 aromatic carbocycles. The topological polar surface area (TPSA) is 164 Å². The summed E-state index contributed by atoms with van der Waals surface area (Å²) in [4.78, 5) is 22.8. The Hall–Kier alpha value is -3.11. The number of aromatic nitrogens is 2. The highest BCUT2D eigenvalue weighted by Crippen LogP contribution is 2.08. The van der Waals surface area contributed by atoms with Crippen molar-refractivity contribution in [3.05, 3.63) is 48.0 Å². The first-order chi connectivity index (χ1) is 13.6. The van der Waals surface area contributed by atoms with Crippen molar-refractivity contribution in [3.63, 3.8) is 0 Å². The maximum Gasteiger partial charge on any atom is 0.269 e. The van der Waals surface area contributed by atoms with E-state index in [1.807, 2.05) is 30.3 Å². The summed E-state index contributed by atoms with van der Waals surface area (Å²) in [5, 5.41) is 15.7. The number of imidazole rings is 1. The molecule has 1 unspecified atom stereocenters. The summed E-state index contributed by atoms with van der Waals surface area (Å²) < 4.78 is 5.53. The molecule has 2 rings (SSSR count). The number of guanidine groups is 1. The van der Waals surface area contributed by atoms with Gasteiger partial charge in [0, 0.05) is 19.6 Å². The zero-order valence-corrected chi connectivity index (χ0v) is 15.6. The van der Waals surface area contributed by atoms with Crippen molar-refractivity contribution in [2.75, 3.05) is 26.2 Å². The average molecular weight is 389 g/mol. The molecule has 0 bridgehead atoms. The highest BCUT2D eigenvalue weighted by atomic mass is 16.5. The highest BCUT2D eigenvalue weighted by Gasteiger charge is 2.14. The molecule has 2 aromatic rings. The number of nitrogens with zero attached hydrogens (tertiary/aromatic N) is 2. The maximum atomic E-state index is 12.1. The van der Waals surface area contributed by atoms with Gasteiger partial charge in [-0.05, 0) is 25.0 Å². The Kier molecular flexibility index (Phi) is 8.76. The molecule has 1 atom stereocenters. The van der Waals surface area contributed by atoms with Gasteiger partial charge in [-0.25, -0.2) is 4.98 Å². The van der Waals surface area contributed by atoms with Crippen molar-refractivity contribution in [2.24, 2.45) is 16.5 Å². The first kappa shape index (κ1) is 21.2. The molecular formula is C18H27N7O3. The Balaban J connectivity index is 1.65. The molecule has 152 valence electrons. The monoisotopic (exact) mass is 389 g/mol. The summed E-state index contributed by atoms with van der Waals surface area (Å²) in [5.74, 6) is 0.791. The number of carbonyl (C=O) groups is 1. The number of rotatable bonds is 12. The number of amides is 1. The second kappa shape index (κ2) is 11.6. The normalized spacial score (nSPS) is 11.6. The van der Waals surface area contributed by atoms with Crippen LogP contribution >= 0.6 is 0 Å². The Bertz CT molecular complexity index is 745. The number of carbonyl (C=O) groups excluding carboxylic acids is 1. The molecule has 0 fully saturated rings. The van der Waals surface area contributed by atoms with Crippen LogP contribution in [0, 0.1) is 0 Å². The lowest BCUT2D eigenvalue weighted by molar-refractivity contribution is 0.0947. The second-order valence-corrected chi connectivity index (χ2v) is 5.97. The van der Waals surface area contributed by atoms with Gasteiger partial charge >= 0.3 is 0 Å². The lowest BCUT2D eigenvalue weighted by Gasteiger charge is -2.11. The van der Waals surface area contributed by atoms with Crippen LogP contribution in [0.25, 0.3) is 0 Å². The zero-order chi connectivity index (χ0) is 20.2. The number of aromatic amines is 1. The van der Waals surface area contributed by atoms with Crippen LogP contribution in [0.5, 0.6) is 5.75 Å². The summed E-state index contributed by atoms with van der Waals surface area (Å²) in [6.45, 7) is 1.81. The lowest BCUT2D eigenvalue weighted by Crippen LogP contribution is -2.27. The van der Waals surface area contributed by atoms with Crippen LogP contribution in [0.4, 0.5) is 0 Å². The molecule has 0 spiro atoms. The van der Waals surface area contributed by atoms with Crippen LogP contribution in [0.2, 0.25) is 0 Å². The number of aliphatic hydroxyl groups is 1. The SMILES string of the molecule is NC(N)=NCCCCNC(=O)c1cnc(C(O)NCCOc2ccccc2)[nH]1. The van der Waals surface area contributed by atoms with Gasteiger partial charge in [0.15, 0.2) is 18.0 Å². The van der Waals surface area contributed by atoms with Gasteiger partial charge in [-0.1, -0.05) is 18.2 Å². The zero-order valence-electron chi connectivity index (χ0n) is 15.6. The first-order valence-corrected chi connectivity index (χ1v) is 9.04. The molecule has 0 aliphatic heterocycles. The molecular weight excluding hydrogens is 362 g/mol. The third-order valence-electron chi connectivity index (χ3n) is 3.72. The molecule has 0 radical (unpaired) electrons. The summed E-state index contributed by atoms with van der Waals surface area (Å²) in [7, 11) is 0. The van der Waals surface area contributed by atoms with Crippen molar-refractivity contribution < 1.29 is 14.6 Å². The van der Waals surface area contributed by atoms with Gasteiger partial charge in [0.1, 0.15) is 18.1 Å². The Morgan fingerprint density at radius 2 is 2.04 bits per heavy atom. The molecule has 0 aliphatic rings. The molecule has 10 heteroatoms. The summed E-state index contributed by atoms with van der Waals surface area (Å²) >= 11 is 0. The molecule has 1 heterocycles. The Morgan fingerprint density at radius 1 is 1.25 bits per heavy atom. The molecule has 0 saturated heterocycles. The number of benzene rings is 1. The van der Waals surface area contributed by atoms with Crippen molar-refractivity contribution in [1.29, 1.82) is 0 Å². The number of nitrogens with two attached hydrogens (primary N) is 2. The third kappa shape index (κ3) is 7.64. The van der Waals surface area contributed by atoms with E-state index in [9.17, 15) is 9.90 Å². The number of unbranched alkanes of at least 4 members (excludes halogenated alkanes) is 1. The molecule has 8 N–H and O–H groups in total. The lowest BCUT2D eigenvalue weighted by atomic mass is 10.3. The fraction of sp³-hybridized carbons (Fsp3) is 0.389. The summed E-state index contributed by atoms with van der Waals surface area (Å²) in [6, 6.07) is 9.39. The van der Waals surface area contributed by atoms with Crippen LogP contribution in [0.1, 0.15) is 35.4 Å². The van der Waals surface area contributed by atoms with Crippen LogP contribution in [0.15, 0.2) is 41.5 Å². The number of H-pyrrole nitrogens is 1. The van der Waals surface area contributed by atoms with E-state index in [1.165, 1.54) is 6.20 Å². The molecule has 10 nitrogen and oxygen atoms in total. The van der Waals surface area contributed by atoms with Gasteiger partial charge in [-0.15, -0.1) is 0 Å². The number of nitrogens with one attached hydrogen (secondary N) is 3. The number of aliphatic hydroxyl groups excluding tert-OH is 1. The van der Waals surface area contributed by atoms with E-state index in [0.29, 0.717) is 26.2 Å². The molecule has 1 aromatic heterocycles. The minimum Gasteiger partial charge on any atom is -0.492 e. The molecule has 0 saturated carbocycles. The van der Waals surface area contributed by atoms with Gasteiger partial charge in [0.25, 0.3) is 5.91 Å². The number of aliphatic imine (C=N–C) groups is 1. The average Bonchev–Trinajstić information content (AvgIpc) is 3.18. The van der Waals surface area contributed by atoms with Gasteiger partial charge in [0.05, 0.1) is 6.20 Å². The predicted octanol–water partition coefficient (Wildman–Crippen LogP) is -0.147. The number of hydrogen-bond donors (Lipinski definition) is 6. The van der Waals surface area contributed by atoms with Gasteiger partial charge in [0.2, 0.25) is 0 Å². The first-order valence-electron chi connectivity index (χ1n) is 9.04. The van der Waals surface area contributed by atoms with E-state index in [4.69, 9.17) is 16.2 Å². The van der Waals surface area contributed by atoms with E-state index in [0.717, 1.165) is 18.6 Å². The minimum atomic E-state index is -1.03. The van der Waals surface area contributed by atoms with E-state index in [-0.39, 0.29) is 23.4 Å². The molecule has 28 heavy (non-hydrogen) atoms. The van der Waals surface area contributed by atoms with Crippen LogP contribution in [-0.4, -0.2) is 53.2 Å². The number of ether oxygens (including phenoxy) is 1. The van der Waals surface area contributed by atoms with Crippen LogP contribution in [0.3, 0.4) is 0 Å². The van der Waals surface area contributed by atoms with Gasteiger partial charge < -0.3 is 31.6 Å². The van der Waals surface area contributed by atoms with Gasteiger partial charge in [-0.2, -0.15) is 0 Å². The van der Waals surface area contributed by atoms with E-state index in [1.54, 1.807) is 0 Å². The summed E-state index contributed by atoms with van der Waals surface area (Å²) in [5.41, 5.74) is 10.8. The van der Waals surface area contributed by atoms with Crippen LogP contribution in [-0.2, 0) is 0 Å². The quantitative estimate of drug-likeness (QED) is 0.127. The summed E-state index contributed by atoms with van der Waals surface area (Å²) in [6.07, 6.45) is 1.87. The fourth-order valence-corrected chi connectivity index (χ4v) is 2.31. The van der Waals surface area contributed by atoms with E-state index < -0.39 is 6.23 Å². The minimum absolute atomic E-state index is 0.0628. The maximum absolute atomic E-state index is 12.1. The predicted molar refractivity (Wildman–Crippen MR) is 106 cm³/mol. The van der Waals surface area contributed by atoms with E-state index in [2.05, 4.69) is 25.6 Å². The standard InChI is InChI=1S/C18H27N7O3/c19-18(20)23-9-5-4-8-21-16(26)14-12-24-15(25-14)17(27)22-10-11-28-13-6-2-1-3-7-13/h1-3,6-7,12,17,22,27H,4-5,8-11H2,(H,21,26)(H,24,25)(H4,19,20,23). The van der Waals surface area contributed by atoms with Crippen molar-refractivity contribution >= 4 is 11.9 Å². The highest BCUT2D eigenvalue weighted by molar-refractivity contribution is 5.92. The fourth-order valence-electron chi connectivity index (χ4n) is 2.31. The number of para-hydroxylation sites is 1. The van der Waals surface area contributed by atoms with Crippen LogP contribution < -0.4 is 26.8 Å². The molecule has 1 amide bonds. The largest absolute Gasteiger partial charge is 0.492 e. The second-order valence-electron chi connectivity index (χ2n) is 5.97. The Morgan fingerprint density at radius 3 is 2.79 bits per heavy atom. The Labute approximate surface area is 163 Å². The number of hydrogen-bond acceptors (Lipinski definition) is 6. The van der Waals surface area contributed by atoms with Crippen molar-refractivity contribution in [2.45, 2.75) is 19.1 Å². The van der Waals surface area contributed by atoms with E-state index >= 15 is 0 Å². The smallest absolute Gasteiger partial charge is 0.269 e. The van der Waals surface area contributed by atoms with Crippen molar-refractivity contribution in [3.8, 4) is 5.75 Å².